The van der Waals surface area contributed by atoms with Crippen LogP contribution >= 0.6 is 11.6 Å². The van der Waals surface area contributed by atoms with Gasteiger partial charge in [-0.25, -0.2) is 0 Å². The van der Waals surface area contributed by atoms with Gasteiger partial charge in [-0.05, 0) is 25.3 Å². The quantitative estimate of drug-likeness (QED) is 0.902. The first-order chi connectivity index (χ1) is 9.24. The molecule has 0 saturated heterocycles. The molecule has 0 aromatic carbocycles. The van der Waals surface area contributed by atoms with Gasteiger partial charge in [0, 0.05) is 7.05 Å². The molecule has 0 bridgehead atoms. The zero-order valence-electron chi connectivity index (χ0n) is 12.2. The summed E-state index contributed by atoms with van der Waals surface area (Å²) in [7, 11) is 1.99. The fourth-order valence-electron chi connectivity index (χ4n) is 3.30. The summed E-state index contributed by atoms with van der Waals surface area (Å²) in [4.78, 5) is 0. The van der Waals surface area contributed by atoms with Crippen molar-refractivity contribution in [2.45, 2.75) is 57.9 Å². The number of nitrogens with zero attached hydrogens (tertiary/aromatic N) is 2. The van der Waals surface area contributed by atoms with E-state index in [0.29, 0.717) is 12.0 Å². The van der Waals surface area contributed by atoms with E-state index in [4.69, 9.17) is 11.6 Å². The van der Waals surface area contributed by atoms with Gasteiger partial charge in [-0.3, -0.25) is 4.68 Å². The van der Waals surface area contributed by atoms with E-state index >= 15 is 0 Å². The molecule has 1 fully saturated rings. The van der Waals surface area contributed by atoms with Crippen LogP contribution in [0.5, 0.6) is 0 Å². The van der Waals surface area contributed by atoms with Crippen molar-refractivity contribution in [3.05, 3.63) is 16.9 Å². The van der Waals surface area contributed by atoms with Crippen LogP contribution in [0.2, 0.25) is 5.02 Å². The SMILES string of the molecule is CCNC(c1c(Cl)cnn1C)C1CCCCCCC1. The second-order valence-corrected chi connectivity index (χ2v) is 6.05. The number of rotatable bonds is 4. The highest BCUT2D eigenvalue weighted by Crippen LogP contribution is 2.35. The van der Waals surface area contributed by atoms with Gasteiger partial charge >= 0.3 is 0 Å². The van der Waals surface area contributed by atoms with Gasteiger partial charge in [0.25, 0.3) is 0 Å². The molecule has 2 rings (SSSR count). The molecule has 4 heteroatoms. The van der Waals surface area contributed by atoms with Crippen molar-refractivity contribution < 1.29 is 0 Å². The fourth-order valence-corrected chi connectivity index (χ4v) is 3.58. The zero-order chi connectivity index (χ0) is 13.7. The van der Waals surface area contributed by atoms with Crippen molar-refractivity contribution in [3.63, 3.8) is 0 Å². The molecule has 0 aliphatic heterocycles. The number of aromatic nitrogens is 2. The molecule has 0 radical (unpaired) electrons. The Labute approximate surface area is 121 Å². The lowest BCUT2D eigenvalue weighted by molar-refractivity contribution is 0.282. The van der Waals surface area contributed by atoms with Crippen LogP contribution in [-0.4, -0.2) is 16.3 Å². The van der Waals surface area contributed by atoms with Crippen molar-refractivity contribution in [3.8, 4) is 0 Å². The molecule has 3 nitrogen and oxygen atoms in total. The largest absolute Gasteiger partial charge is 0.309 e. The lowest BCUT2D eigenvalue weighted by atomic mass is 9.84. The third-order valence-electron chi connectivity index (χ3n) is 4.28. The Morgan fingerprint density at radius 1 is 1.32 bits per heavy atom. The molecule has 1 N–H and O–H groups in total. The van der Waals surface area contributed by atoms with Crippen LogP contribution in [-0.2, 0) is 7.05 Å². The van der Waals surface area contributed by atoms with Crippen LogP contribution in [0.4, 0.5) is 0 Å². The molecule has 1 atom stereocenters. The van der Waals surface area contributed by atoms with E-state index in [1.807, 2.05) is 11.7 Å². The van der Waals surface area contributed by atoms with Gasteiger partial charge < -0.3 is 5.32 Å². The zero-order valence-corrected chi connectivity index (χ0v) is 12.9. The Hall–Kier alpha value is -0.540. The second-order valence-electron chi connectivity index (χ2n) is 5.64. The Morgan fingerprint density at radius 3 is 2.47 bits per heavy atom. The summed E-state index contributed by atoms with van der Waals surface area (Å²) in [6, 6.07) is 0.350. The van der Waals surface area contributed by atoms with Crippen molar-refractivity contribution in [1.82, 2.24) is 15.1 Å². The first-order valence-corrected chi connectivity index (χ1v) is 8.02. The minimum Gasteiger partial charge on any atom is -0.309 e. The molecule has 1 saturated carbocycles. The molecule has 19 heavy (non-hydrogen) atoms. The first kappa shape index (κ1) is 14.9. The summed E-state index contributed by atoms with van der Waals surface area (Å²) in [5.41, 5.74) is 1.16. The molecule has 1 aromatic heterocycles. The van der Waals surface area contributed by atoms with E-state index in [1.54, 1.807) is 6.20 Å². The van der Waals surface area contributed by atoms with Crippen molar-refractivity contribution in [1.29, 1.82) is 0 Å². The molecule has 1 aromatic rings. The highest BCUT2D eigenvalue weighted by Gasteiger charge is 2.27. The number of hydrogen-bond donors (Lipinski definition) is 1. The van der Waals surface area contributed by atoms with E-state index in [1.165, 1.54) is 44.9 Å². The summed E-state index contributed by atoms with van der Waals surface area (Å²) in [6.45, 7) is 3.14. The van der Waals surface area contributed by atoms with Crippen LogP contribution in [0, 0.1) is 5.92 Å². The van der Waals surface area contributed by atoms with E-state index in [0.717, 1.165) is 17.3 Å². The first-order valence-electron chi connectivity index (χ1n) is 7.64. The van der Waals surface area contributed by atoms with E-state index in [9.17, 15) is 0 Å². The van der Waals surface area contributed by atoms with Gasteiger partial charge in [-0.1, -0.05) is 50.6 Å². The monoisotopic (exact) mass is 283 g/mol. The Bertz CT molecular complexity index is 361. The minimum absolute atomic E-state index is 0.350. The normalized spacial score (nSPS) is 19.9. The average molecular weight is 284 g/mol. The van der Waals surface area contributed by atoms with Crippen LogP contribution in [0.1, 0.15) is 63.6 Å². The predicted octanol–water partition coefficient (Wildman–Crippen LogP) is 4.08. The average Bonchev–Trinajstić information content (AvgIpc) is 2.67. The van der Waals surface area contributed by atoms with Gasteiger partial charge in [-0.2, -0.15) is 5.10 Å². The molecular formula is C15H26ClN3. The van der Waals surface area contributed by atoms with Gasteiger partial charge in [-0.15, -0.1) is 0 Å². The van der Waals surface area contributed by atoms with Gasteiger partial charge in [0.1, 0.15) is 0 Å². The van der Waals surface area contributed by atoms with E-state index in [-0.39, 0.29) is 0 Å². The Morgan fingerprint density at radius 2 is 1.95 bits per heavy atom. The molecule has 0 spiro atoms. The van der Waals surface area contributed by atoms with Crippen molar-refractivity contribution >= 4 is 11.6 Å². The maximum Gasteiger partial charge on any atom is 0.0834 e. The van der Waals surface area contributed by atoms with Crippen LogP contribution in [0.15, 0.2) is 6.20 Å². The topological polar surface area (TPSA) is 29.9 Å². The predicted molar refractivity (Wildman–Crippen MR) is 80.4 cm³/mol. The van der Waals surface area contributed by atoms with Crippen LogP contribution in [0.3, 0.4) is 0 Å². The highest BCUT2D eigenvalue weighted by molar-refractivity contribution is 6.31. The number of halogens is 1. The number of nitrogens with one attached hydrogen (secondary N) is 1. The van der Waals surface area contributed by atoms with Gasteiger partial charge in [0.2, 0.25) is 0 Å². The molecule has 1 unspecified atom stereocenters. The van der Waals surface area contributed by atoms with Gasteiger partial charge in [0.15, 0.2) is 0 Å². The third kappa shape index (κ3) is 3.73. The lowest BCUT2D eigenvalue weighted by Crippen LogP contribution is -2.30. The molecule has 1 heterocycles. The summed E-state index contributed by atoms with van der Waals surface area (Å²) in [5.74, 6) is 0.688. The van der Waals surface area contributed by atoms with E-state index < -0.39 is 0 Å². The summed E-state index contributed by atoms with van der Waals surface area (Å²) in [5, 5.41) is 8.74. The Kier molecular flexibility index (Phi) is 5.71. The van der Waals surface area contributed by atoms with Crippen LogP contribution in [0.25, 0.3) is 0 Å². The van der Waals surface area contributed by atoms with Crippen molar-refractivity contribution in [2.24, 2.45) is 13.0 Å². The highest BCUT2D eigenvalue weighted by atomic mass is 35.5. The molecule has 1 aliphatic carbocycles. The Balaban J connectivity index is 2.18. The molecule has 0 amide bonds. The molecular weight excluding hydrogens is 258 g/mol. The fraction of sp³-hybridized carbons (Fsp3) is 0.800. The van der Waals surface area contributed by atoms with Gasteiger partial charge in [0.05, 0.1) is 23.0 Å². The third-order valence-corrected chi connectivity index (χ3v) is 4.57. The number of hydrogen-bond acceptors (Lipinski definition) is 2. The number of aryl methyl sites for hydroxylation is 1. The van der Waals surface area contributed by atoms with E-state index in [2.05, 4.69) is 17.3 Å². The maximum atomic E-state index is 6.34. The smallest absolute Gasteiger partial charge is 0.0834 e. The van der Waals surface area contributed by atoms with Crippen molar-refractivity contribution in [2.75, 3.05) is 6.54 Å². The summed E-state index contributed by atoms with van der Waals surface area (Å²) < 4.78 is 1.94. The summed E-state index contributed by atoms with van der Waals surface area (Å²) in [6.07, 6.45) is 11.3. The second kappa shape index (κ2) is 7.30. The lowest BCUT2D eigenvalue weighted by Gasteiger charge is -2.30. The standard InChI is InChI=1S/C15H26ClN3/c1-3-17-14(15-13(16)11-18-19(15)2)12-9-7-5-4-6-8-10-12/h11-12,14,17H,3-10H2,1-2H3. The summed E-state index contributed by atoms with van der Waals surface area (Å²) >= 11 is 6.34. The molecule has 108 valence electrons. The maximum absolute atomic E-state index is 6.34. The van der Waals surface area contributed by atoms with Crippen LogP contribution < -0.4 is 5.32 Å². The molecule has 1 aliphatic rings. The minimum atomic E-state index is 0.350.